The van der Waals surface area contributed by atoms with Crippen LogP contribution in [0.25, 0.3) is 11.1 Å². The Morgan fingerprint density at radius 2 is 1.63 bits per heavy atom. The summed E-state index contributed by atoms with van der Waals surface area (Å²) in [6.07, 6.45) is -0.885. The summed E-state index contributed by atoms with van der Waals surface area (Å²) >= 11 is 0. The van der Waals surface area contributed by atoms with Crippen LogP contribution in [-0.4, -0.2) is 35.2 Å². The molecule has 0 amide bonds. The third kappa shape index (κ3) is 4.22. The van der Waals surface area contributed by atoms with Gasteiger partial charge in [-0.1, -0.05) is 67.2 Å². The molecule has 0 aliphatic heterocycles. The molecular formula is C25H22O5. The van der Waals surface area contributed by atoms with Crippen molar-refractivity contribution in [3.05, 3.63) is 102 Å². The Kier molecular flexibility index (Phi) is 6.57. The summed E-state index contributed by atoms with van der Waals surface area (Å²) in [4.78, 5) is 25.4. The fraction of sp³-hybridized carbons (Fsp3) is 0.120. The van der Waals surface area contributed by atoms with Crippen molar-refractivity contribution in [2.45, 2.75) is 12.2 Å². The van der Waals surface area contributed by atoms with Crippen LogP contribution in [0.15, 0.2) is 85.5 Å². The predicted molar refractivity (Wildman–Crippen MR) is 114 cm³/mol. The van der Waals surface area contributed by atoms with E-state index in [4.69, 9.17) is 4.74 Å². The van der Waals surface area contributed by atoms with Gasteiger partial charge in [-0.2, -0.15) is 0 Å². The van der Waals surface area contributed by atoms with Gasteiger partial charge in [-0.15, -0.1) is 0 Å². The molecule has 1 unspecified atom stereocenters. The zero-order valence-corrected chi connectivity index (χ0v) is 16.5. The number of methoxy groups -OCH3 is 1. The normalized spacial score (nSPS) is 11.7. The lowest BCUT2D eigenvalue weighted by Crippen LogP contribution is -2.25. The predicted octanol–water partition coefficient (Wildman–Crippen LogP) is 3.74. The lowest BCUT2D eigenvalue weighted by molar-refractivity contribution is -0.127. The van der Waals surface area contributed by atoms with E-state index in [0.717, 1.165) is 6.08 Å². The van der Waals surface area contributed by atoms with E-state index in [0.29, 0.717) is 33.6 Å². The Morgan fingerprint density at radius 1 is 0.967 bits per heavy atom. The molecule has 0 aliphatic carbocycles. The number of allylic oxidation sites excluding steroid dienone is 1. The molecule has 3 rings (SSSR count). The zero-order chi connectivity index (χ0) is 21.7. The molecule has 0 radical (unpaired) electrons. The van der Waals surface area contributed by atoms with Gasteiger partial charge in [0.2, 0.25) is 0 Å². The highest BCUT2D eigenvalue weighted by atomic mass is 16.5. The maximum atomic E-state index is 13.1. The number of aliphatic hydroxyl groups is 2. The minimum absolute atomic E-state index is 0.135. The summed E-state index contributed by atoms with van der Waals surface area (Å²) in [5, 5.41) is 19.6. The van der Waals surface area contributed by atoms with Gasteiger partial charge < -0.3 is 14.9 Å². The van der Waals surface area contributed by atoms with E-state index >= 15 is 0 Å². The number of ketones is 2. The molecule has 5 heteroatoms. The Bertz CT molecular complexity index is 1070. The van der Waals surface area contributed by atoms with Crippen molar-refractivity contribution in [3.8, 4) is 16.9 Å². The zero-order valence-electron chi connectivity index (χ0n) is 16.5. The molecule has 0 aliphatic rings. The van der Waals surface area contributed by atoms with E-state index in [-0.39, 0.29) is 5.78 Å². The largest absolute Gasteiger partial charge is 0.496 e. The number of carbonyl (C=O) groups is 2. The molecule has 5 nitrogen and oxygen atoms in total. The molecule has 0 fully saturated rings. The van der Waals surface area contributed by atoms with Crippen molar-refractivity contribution in [2.75, 3.05) is 7.11 Å². The van der Waals surface area contributed by atoms with Crippen LogP contribution < -0.4 is 4.74 Å². The topological polar surface area (TPSA) is 83.8 Å². The van der Waals surface area contributed by atoms with E-state index in [1.54, 1.807) is 54.6 Å². The second-order valence-corrected chi connectivity index (χ2v) is 6.70. The highest BCUT2D eigenvalue weighted by Gasteiger charge is 2.29. The molecule has 152 valence electrons. The third-order valence-electron chi connectivity index (χ3n) is 4.89. The lowest BCUT2D eigenvalue weighted by atomic mass is 9.88. The molecule has 0 saturated carbocycles. The van der Waals surface area contributed by atoms with Crippen LogP contribution in [0.5, 0.6) is 5.75 Å². The van der Waals surface area contributed by atoms with E-state index in [1.807, 2.05) is 18.2 Å². The molecule has 3 aromatic carbocycles. The number of hydrogen-bond donors (Lipinski definition) is 2. The van der Waals surface area contributed by atoms with Gasteiger partial charge in [-0.25, -0.2) is 0 Å². The van der Waals surface area contributed by atoms with Crippen LogP contribution in [0.2, 0.25) is 0 Å². The van der Waals surface area contributed by atoms with E-state index in [2.05, 4.69) is 6.58 Å². The van der Waals surface area contributed by atoms with Crippen molar-refractivity contribution >= 4 is 11.6 Å². The number of aliphatic hydroxyl groups excluding tert-OH is 1. The van der Waals surface area contributed by atoms with Gasteiger partial charge in [0.15, 0.2) is 17.9 Å². The van der Waals surface area contributed by atoms with Gasteiger partial charge in [0.25, 0.3) is 0 Å². The van der Waals surface area contributed by atoms with Crippen LogP contribution in [0, 0.1) is 0 Å². The molecular weight excluding hydrogens is 380 g/mol. The minimum Gasteiger partial charge on any atom is -0.496 e. The fourth-order valence-corrected chi connectivity index (χ4v) is 3.41. The van der Waals surface area contributed by atoms with Gasteiger partial charge in [0.05, 0.1) is 7.11 Å². The van der Waals surface area contributed by atoms with Crippen LogP contribution in [0.4, 0.5) is 0 Å². The maximum Gasteiger partial charge on any atom is 0.193 e. The average molecular weight is 402 g/mol. The van der Waals surface area contributed by atoms with Crippen molar-refractivity contribution in [3.63, 3.8) is 0 Å². The molecule has 0 saturated heterocycles. The molecule has 30 heavy (non-hydrogen) atoms. The van der Waals surface area contributed by atoms with E-state index < -0.39 is 18.0 Å². The Balaban J connectivity index is 2.15. The van der Waals surface area contributed by atoms with Crippen LogP contribution in [-0.2, 0) is 4.79 Å². The van der Waals surface area contributed by atoms with E-state index in [9.17, 15) is 19.8 Å². The molecule has 0 spiro atoms. The number of rotatable bonds is 8. The first-order valence-corrected chi connectivity index (χ1v) is 9.37. The van der Waals surface area contributed by atoms with Crippen molar-refractivity contribution < 1.29 is 24.5 Å². The van der Waals surface area contributed by atoms with Gasteiger partial charge in [0.1, 0.15) is 11.7 Å². The fourth-order valence-electron chi connectivity index (χ4n) is 3.41. The third-order valence-corrected chi connectivity index (χ3v) is 4.89. The van der Waals surface area contributed by atoms with E-state index in [1.165, 1.54) is 7.11 Å². The summed E-state index contributed by atoms with van der Waals surface area (Å²) in [5.41, 5.74) is 2.66. The van der Waals surface area contributed by atoms with Crippen molar-refractivity contribution in [2.24, 2.45) is 0 Å². The van der Waals surface area contributed by atoms with Crippen molar-refractivity contribution in [1.29, 1.82) is 0 Å². The van der Waals surface area contributed by atoms with Gasteiger partial charge in [-0.3, -0.25) is 9.59 Å². The second-order valence-electron chi connectivity index (χ2n) is 6.70. The monoisotopic (exact) mass is 402 g/mol. The van der Waals surface area contributed by atoms with Gasteiger partial charge in [0, 0.05) is 16.7 Å². The van der Waals surface area contributed by atoms with Crippen LogP contribution in [0.1, 0.15) is 27.4 Å². The maximum absolute atomic E-state index is 13.1. The highest BCUT2D eigenvalue weighted by molar-refractivity contribution is 6.12. The average Bonchev–Trinajstić information content (AvgIpc) is 2.78. The summed E-state index contributed by atoms with van der Waals surface area (Å²) < 4.78 is 5.33. The Labute approximate surface area is 174 Å². The lowest BCUT2D eigenvalue weighted by Gasteiger charge is -2.20. The number of ether oxygens (including phenoxy) is 1. The summed E-state index contributed by atoms with van der Waals surface area (Å²) in [5.74, 6) is -1.60. The Morgan fingerprint density at radius 3 is 2.27 bits per heavy atom. The van der Waals surface area contributed by atoms with Gasteiger partial charge in [-0.05, 0) is 29.3 Å². The second kappa shape index (κ2) is 9.31. The number of carbonyl (C=O) groups excluding carboxylic acids is 2. The highest BCUT2D eigenvalue weighted by Crippen LogP contribution is 2.35. The first kappa shape index (κ1) is 21.2. The smallest absolute Gasteiger partial charge is 0.193 e. The molecule has 0 heterocycles. The molecule has 2 N–H and O–H groups in total. The molecule has 3 aromatic rings. The molecule has 1 atom stereocenters. The first-order chi connectivity index (χ1) is 14.5. The van der Waals surface area contributed by atoms with Crippen LogP contribution >= 0.6 is 0 Å². The number of benzene rings is 3. The first-order valence-electron chi connectivity index (χ1n) is 9.37. The Hall–Kier alpha value is -3.54. The molecule has 0 aromatic heterocycles. The quantitative estimate of drug-likeness (QED) is 0.341. The summed E-state index contributed by atoms with van der Waals surface area (Å²) in [7, 11) is 1.44. The van der Waals surface area contributed by atoms with Crippen molar-refractivity contribution in [1.82, 2.24) is 0 Å². The summed E-state index contributed by atoms with van der Waals surface area (Å²) in [6, 6.07) is 21.1. The number of hydrogen-bond acceptors (Lipinski definition) is 5. The standard InChI is InChI=1S/C25H22O5/c1-3-21(26)23(25(28)29)20-15-17(13-14-22(20)30-2)18-11-7-8-12-19(18)24(27)16-9-5-4-6-10-16/h3-15,23,25,28-29H,1H2,2H3. The summed E-state index contributed by atoms with van der Waals surface area (Å²) in [6.45, 7) is 3.44. The SMILES string of the molecule is C=CC(=O)C(c1cc(-c2ccccc2C(=O)c2ccccc2)ccc1OC)C(O)O. The van der Waals surface area contributed by atoms with Crippen LogP contribution in [0.3, 0.4) is 0 Å². The van der Waals surface area contributed by atoms with Gasteiger partial charge >= 0.3 is 0 Å². The molecule has 0 bridgehead atoms. The minimum atomic E-state index is -1.93.